The first-order chi connectivity index (χ1) is 11.4. The van der Waals surface area contributed by atoms with E-state index in [-0.39, 0.29) is 5.04 Å². The molecule has 2 rings (SSSR count). The zero-order valence-electron chi connectivity index (χ0n) is 17.3. The quantitative estimate of drug-likeness (QED) is 0.431. The molecule has 0 N–H and O–H groups in total. The molecule has 136 valence electrons. The van der Waals surface area contributed by atoms with Crippen molar-refractivity contribution < 1.29 is 0 Å². The van der Waals surface area contributed by atoms with Gasteiger partial charge in [-0.05, 0) is 20.4 Å². The second kappa shape index (κ2) is 7.14. The summed E-state index contributed by atoms with van der Waals surface area (Å²) in [6, 6.07) is 22.9. The van der Waals surface area contributed by atoms with Crippen LogP contribution in [0.1, 0.15) is 41.5 Å². The SMILES string of the molecule is CC(C)(C)[Si](C)(C)P[Si](c1ccccc1)(c1ccccc1)C(C)(C)C. The van der Waals surface area contributed by atoms with Gasteiger partial charge in [0.25, 0.3) is 0 Å². The van der Waals surface area contributed by atoms with Crippen LogP contribution in [0.4, 0.5) is 0 Å². The molecule has 3 heteroatoms. The minimum absolute atomic E-state index is 0.281. The van der Waals surface area contributed by atoms with Gasteiger partial charge in [-0.2, -0.15) is 0 Å². The summed E-state index contributed by atoms with van der Waals surface area (Å²) in [5.41, 5.74) is 0. The van der Waals surface area contributed by atoms with Crippen LogP contribution in [0.5, 0.6) is 0 Å². The van der Waals surface area contributed by atoms with Crippen molar-refractivity contribution >= 4 is 33.5 Å². The zero-order chi connectivity index (χ0) is 18.9. The molecule has 0 radical (unpaired) electrons. The van der Waals surface area contributed by atoms with Crippen molar-refractivity contribution in [3.63, 3.8) is 0 Å². The van der Waals surface area contributed by atoms with E-state index in [9.17, 15) is 0 Å². The molecule has 0 saturated carbocycles. The third-order valence-corrected chi connectivity index (χ3v) is 33.5. The molecule has 2 aromatic carbocycles. The molecule has 0 aliphatic rings. The van der Waals surface area contributed by atoms with E-state index in [4.69, 9.17) is 0 Å². The number of hydrogen-bond acceptors (Lipinski definition) is 0. The Hall–Kier alpha value is -0.696. The molecule has 2 aromatic rings. The van der Waals surface area contributed by atoms with Gasteiger partial charge < -0.3 is 0 Å². The van der Waals surface area contributed by atoms with Crippen LogP contribution < -0.4 is 10.4 Å². The summed E-state index contributed by atoms with van der Waals surface area (Å²) < 4.78 is 0. The molecule has 0 spiro atoms. The van der Waals surface area contributed by atoms with Crippen molar-refractivity contribution in [1.29, 1.82) is 0 Å². The number of hydrogen-bond donors (Lipinski definition) is 0. The normalized spacial score (nSPS) is 14.2. The van der Waals surface area contributed by atoms with E-state index in [0.29, 0.717) is 5.04 Å². The highest BCUT2D eigenvalue weighted by Crippen LogP contribution is 2.56. The summed E-state index contributed by atoms with van der Waals surface area (Å²) in [5, 5.41) is 3.91. The molecule has 0 fully saturated rings. The Balaban J connectivity index is 2.78. The van der Waals surface area contributed by atoms with Gasteiger partial charge in [0.15, 0.2) is 0 Å². The Morgan fingerprint density at radius 1 is 0.600 bits per heavy atom. The van der Waals surface area contributed by atoms with Gasteiger partial charge in [-0.3, -0.25) is 0 Å². The summed E-state index contributed by atoms with van der Waals surface area (Å²) in [7, 11) is -2.28. The molecular weight excluding hydrogens is 351 g/mol. The molecule has 0 aliphatic carbocycles. The molecule has 0 aliphatic heterocycles. The van der Waals surface area contributed by atoms with Crippen molar-refractivity contribution in [3.05, 3.63) is 60.7 Å². The summed E-state index contributed by atoms with van der Waals surface area (Å²) in [6.07, 6.45) is 0. The van der Waals surface area contributed by atoms with Crippen molar-refractivity contribution in [1.82, 2.24) is 0 Å². The Kier molecular flexibility index (Phi) is 5.88. The van der Waals surface area contributed by atoms with Crippen LogP contribution in [0.3, 0.4) is 0 Å². The lowest BCUT2D eigenvalue weighted by atomic mass is 10.2. The average Bonchev–Trinajstić information content (AvgIpc) is 2.52. The van der Waals surface area contributed by atoms with E-state index >= 15 is 0 Å². The third-order valence-electron chi connectivity index (χ3n) is 5.91. The highest BCUT2D eigenvalue weighted by atomic mass is 31.6. The largest absolute Gasteiger partial charge is 0.142 e. The predicted octanol–water partition coefficient (Wildman–Crippen LogP) is 6.23. The third kappa shape index (κ3) is 4.02. The van der Waals surface area contributed by atoms with E-state index < -0.39 is 15.5 Å². The van der Waals surface area contributed by atoms with Gasteiger partial charge >= 0.3 is 0 Å². The summed E-state index contributed by atoms with van der Waals surface area (Å²) in [4.78, 5) is 0. The number of benzene rings is 2. The van der Waals surface area contributed by atoms with Gasteiger partial charge in [-0.1, -0.05) is 115 Å². The molecule has 0 nitrogen and oxygen atoms in total. The smallest absolute Gasteiger partial charge is 0.134 e. The van der Waals surface area contributed by atoms with Gasteiger partial charge in [0.05, 0.1) is 7.74 Å². The first kappa shape index (κ1) is 20.6. The van der Waals surface area contributed by atoms with Gasteiger partial charge in [0, 0.05) is 0 Å². The van der Waals surface area contributed by atoms with Crippen LogP contribution in [0.25, 0.3) is 0 Å². The highest BCUT2D eigenvalue weighted by molar-refractivity contribution is 8.11. The summed E-state index contributed by atoms with van der Waals surface area (Å²) in [5.74, 6) is 0. The fraction of sp³-hybridized carbons (Fsp3) is 0.455. The van der Waals surface area contributed by atoms with Gasteiger partial charge in [-0.25, -0.2) is 0 Å². The molecule has 0 heterocycles. The first-order valence-corrected chi connectivity index (χ1v) is 17.3. The van der Waals surface area contributed by atoms with Crippen LogP contribution in [0, 0.1) is 0 Å². The molecule has 1 unspecified atom stereocenters. The van der Waals surface area contributed by atoms with Crippen LogP contribution in [0.2, 0.25) is 23.2 Å². The standard InChI is InChI=1S/C22H35PSi2/c1-21(2,3)24(7,8)23-25(22(4,5)6,19-15-11-9-12-16-19)20-17-13-10-14-18-20/h9-18,23H,1-8H3. The predicted molar refractivity (Wildman–Crippen MR) is 123 cm³/mol. The zero-order valence-corrected chi connectivity index (χ0v) is 20.3. The van der Waals surface area contributed by atoms with E-state index in [1.54, 1.807) is 10.4 Å². The molecule has 0 saturated heterocycles. The lowest BCUT2D eigenvalue weighted by molar-refractivity contribution is 0.734. The number of rotatable bonds is 4. The van der Waals surface area contributed by atoms with Crippen LogP contribution >= 0.6 is 7.68 Å². The van der Waals surface area contributed by atoms with Crippen molar-refractivity contribution in [2.24, 2.45) is 0 Å². The van der Waals surface area contributed by atoms with Gasteiger partial charge in [0.1, 0.15) is 7.74 Å². The lowest BCUT2D eigenvalue weighted by Crippen LogP contribution is -2.63. The van der Waals surface area contributed by atoms with Gasteiger partial charge in [-0.15, -0.1) is 7.68 Å². The summed E-state index contributed by atoms with van der Waals surface area (Å²) >= 11 is 0. The Bertz CT molecular complexity index is 640. The van der Waals surface area contributed by atoms with Crippen molar-refractivity contribution in [2.75, 3.05) is 0 Å². The van der Waals surface area contributed by atoms with E-state index in [1.165, 1.54) is 0 Å². The second-order valence-corrected chi connectivity index (χ2v) is 27.9. The summed E-state index contributed by atoms with van der Waals surface area (Å²) in [6.45, 7) is 20.1. The molecule has 25 heavy (non-hydrogen) atoms. The second-order valence-electron chi connectivity index (χ2n) is 9.73. The van der Waals surface area contributed by atoms with E-state index in [1.807, 2.05) is 0 Å². The molecule has 1 atom stereocenters. The topological polar surface area (TPSA) is 0 Å². The maximum absolute atomic E-state index is 2.62. The van der Waals surface area contributed by atoms with E-state index in [2.05, 4.69) is 115 Å². The van der Waals surface area contributed by atoms with Crippen molar-refractivity contribution in [3.8, 4) is 0 Å². The lowest BCUT2D eigenvalue weighted by Gasteiger charge is -2.51. The maximum atomic E-state index is 2.62. The Labute approximate surface area is 159 Å². The minimum atomic E-state index is -1.91. The van der Waals surface area contributed by atoms with Crippen LogP contribution in [0.15, 0.2) is 60.7 Å². The van der Waals surface area contributed by atoms with E-state index in [0.717, 1.165) is 7.68 Å². The van der Waals surface area contributed by atoms with Gasteiger partial charge in [0.2, 0.25) is 0 Å². The Morgan fingerprint density at radius 2 is 0.960 bits per heavy atom. The molecule has 0 amide bonds. The molecular formula is C22H35PSi2. The monoisotopic (exact) mass is 386 g/mol. The molecule has 0 bridgehead atoms. The van der Waals surface area contributed by atoms with Crippen LogP contribution in [-0.2, 0) is 0 Å². The maximum Gasteiger partial charge on any atom is 0.142 e. The fourth-order valence-electron chi connectivity index (χ4n) is 3.40. The first-order valence-electron chi connectivity index (χ1n) is 9.32. The Morgan fingerprint density at radius 3 is 1.24 bits per heavy atom. The average molecular weight is 387 g/mol. The minimum Gasteiger partial charge on any atom is -0.134 e. The highest BCUT2D eigenvalue weighted by Gasteiger charge is 2.52. The van der Waals surface area contributed by atoms with Crippen LogP contribution in [-0.4, -0.2) is 15.5 Å². The fourth-order valence-corrected chi connectivity index (χ4v) is 33.5. The van der Waals surface area contributed by atoms with Crippen molar-refractivity contribution in [2.45, 2.75) is 64.7 Å². The molecule has 0 aromatic heterocycles.